The van der Waals surface area contributed by atoms with Crippen molar-refractivity contribution in [3.8, 4) is 0 Å². The standard InChI is InChI=1S/C14H18N2O4S/c1-10-16(6-3-7-20-10)21(18,19)12-4-5-13-11(8-12)9-14(17)15(13)2/h4-5,8,10H,3,6-7,9H2,1-2H3. The molecule has 1 amide bonds. The number of rotatable bonds is 2. The van der Waals surface area contributed by atoms with Crippen LogP contribution in [0.3, 0.4) is 0 Å². The molecule has 21 heavy (non-hydrogen) atoms. The van der Waals surface area contributed by atoms with Gasteiger partial charge in [-0.25, -0.2) is 8.42 Å². The van der Waals surface area contributed by atoms with Gasteiger partial charge in [0.05, 0.1) is 11.3 Å². The zero-order chi connectivity index (χ0) is 15.2. The number of sulfonamides is 1. The van der Waals surface area contributed by atoms with Crippen LogP contribution in [0.4, 0.5) is 5.69 Å². The molecule has 1 atom stereocenters. The van der Waals surface area contributed by atoms with Crippen molar-refractivity contribution in [2.24, 2.45) is 0 Å². The molecule has 0 saturated carbocycles. The van der Waals surface area contributed by atoms with Gasteiger partial charge >= 0.3 is 0 Å². The van der Waals surface area contributed by atoms with Crippen molar-refractivity contribution < 1.29 is 17.9 Å². The van der Waals surface area contributed by atoms with Crippen LogP contribution < -0.4 is 4.90 Å². The topological polar surface area (TPSA) is 66.9 Å². The van der Waals surface area contributed by atoms with E-state index in [1.165, 1.54) is 4.31 Å². The Bertz CT molecular complexity index is 686. The average Bonchev–Trinajstić information content (AvgIpc) is 2.74. The lowest BCUT2D eigenvalue weighted by Crippen LogP contribution is -2.44. The van der Waals surface area contributed by atoms with Gasteiger partial charge in [0.25, 0.3) is 0 Å². The van der Waals surface area contributed by atoms with Crippen LogP contribution in [0.5, 0.6) is 0 Å². The molecule has 7 heteroatoms. The second kappa shape index (κ2) is 5.08. The monoisotopic (exact) mass is 310 g/mol. The molecule has 2 aliphatic heterocycles. The first-order valence-electron chi connectivity index (χ1n) is 6.94. The Morgan fingerprint density at radius 1 is 1.33 bits per heavy atom. The fourth-order valence-corrected chi connectivity index (χ4v) is 4.42. The highest BCUT2D eigenvalue weighted by molar-refractivity contribution is 7.89. The molecule has 0 aliphatic carbocycles. The maximum absolute atomic E-state index is 12.7. The molecule has 3 rings (SSSR count). The number of nitrogens with zero attached hydrogens (tertiary/aromatic N) is 2. The van der Waals surface area contributed by atoms with E-state index in [0.29, 0.717) is 19.6 Å². The van der Waals surface area contributed by atoms with Crippen molar-refractivity contribution in [1.29, 1.82) is 0 Å². The summed E-state index contributed by atoms with van der Waals surface area (Å²) in [5.41, 5.74) is 1.54. The third-order valence-electron chi connectivity index (χ3n) is 4.02. The summed E-state index contributed by atoms with van der Waals surface area (Å²) in [4.78, 5) is 13.5. The molecule has 1 saturated heterocycles. The number of ether oxygens (including phenoxy) is 1. The van der Waals surface area contributed by atoms with Crippen LogP contribution in [0.2, 0.25) is 0 Å². The van der Waals surface area contributed by atoms with Gasteiger partial charge in [0.2, 0.25) is 15.9 Å². The van der Waals surface area contributed by atoms with E-state index in [-0.39, 0.29) is 17.2 Å². The number of fused-ring (bicyclic) bond motifs is 1. The van der Waals surface area contributed by atoms with Crippen LogP contribution in [0.25, 0.3) is 0 Å². The highest BCUT2D eigenvalue weighted by Crippen LogP contribution is 2.31. The molecule has 0 spiro atoms. The molecule has 1 aromatic rings. The van der Waals surface area contributed by atoms with E-state index < -0.39 is 16.3 Å². The average molecular weight is 310 g/mol. The first-order chi connectivity index (χ1) is 9.91. The summed E-state index contributed by atoms with van der Waals surface area (Å²) in [6.07, 6.45) is 0.484. The van der Waals surface area contributed by atoms with Gasteiger partial charge in [-0.3, -0.25) is 4.79 Å². The molecular formula is C14H18N2O4S. The number of carbonyl (C=O) groups excluding carboxylic acids is 1. The minimum Gasteiger partial charge on any atom is -0.362 e. The number of amides is 1. The largest absolute Gasteiger partial charge is 0.362 e. The van der Waals surface area contributed by atoms with Gasteiger partial charge in [-0.05, 0) is 37.1 Å². The Balaban J connectivity index is 1.97. The van der Waals surface area contributed by atoms with E-state index in [2.05, 4.69) is 0 Å². The number of hydrogen-bond donors (Lipinski definition) is 0. The first-order valence-corrected chi connectivity index (χ1v) is 8.38. The van der Waals surface area contributed by atoms with Crippen LogP contribution in [-0.4, -0.2) is 45.1 Å². The van der Waals surface area contributed by atoms with Crippen LogP contribution in [0.1, 0.15) is 18.9 Å². The highest BCUT2D eigenvalue weighted by Gasteiger charge is 2.33. The van der Waals surface area contributed by atoms with E-state index in [0.717, 1.165) is 11.3 Å². The Hall–Kier alpha value is -1.44. The number of benzene rings is 1. The minimum absolute atomic E-state index is 0.0192. The lowest BCUT2D eigenvalue weighted by Gasteiger charge is -2.32. The van der Waals surface area contributed by atoms with Crippen molar-refractivity contribution in [3.05, 3.63) is 23.8 Å². The molecule has 0 radical (unpaired) electrons. The fourth-order valence-electron chi connectivity index (χ4n) is 2.80. The second-order valence-corrected chi connectivity index (χ2v) is 7.25. The predicted octanol–water partition coefficient (Wildman–Crippen LogP) is 0.963. The van der Waals surface area contributed by atoms with Crippen LogP contribution >= 0.6 is 0 Å². The van der Waals surface area contributed by atoms with Gasteiger partial charge in [0.1, 0.15) is 6.23 Å². The number of carbonyl (C=O) groups is 1. The summed E-state index contributed by atoms with van der Waals surface area (Å²) >= 11 is 0. The molecular weight excluding hydrogens is 292 g/mol. The maximum Gasteiger partial charge on any atom is 0.245 e. The third kappa shape index (κ3) is 2.35. The molecule has 1 fully saturated rings. The quantitative estimate of drug-likeness (QED) is 0.816. The third-order valence-corrected chi connectivity index (χ3v) is 5.97. The normalized spacial score (nSPS) is 23.4. The second-order valence-electron chi connectivity index (χ2n) is 5.36. The number of hydrogen-bond acceptors (Lipinski definition) is 4. The predicted molar refractivity (Wildman–Crippen MR) is 77.5 cm³/mol. The minimum atomic E-state index is -3.59. The van der Waals surface area contributed by atoms with E-state index in [1.54, 1.807) is 37.1 Å². The first kappa shape index (κ1) is 14.5. The SMILES string of the molecule is CC1OCCCN1S(=O)(=O)c1ccc2c(c1)CC(=O)N2C. The highest BCUT2D eigenvalue weighted by atomic mass is 32.2. The lowest BCUT2D eigenvalue weighted by atomic mass is 10.2. The molecule has 2 aliphatic rings. The van der Waals surface area contributed by atoms with Gasteiger partial charge in [-0.15, -0.1) is 0 Å². The molecule has 2 heterocycles. The summed E-state index contributed by atoms with van der Waals surface area (Å²) in [5, 5.41) is 0. The summed E-state index contributed by atoms with van der Waals surface area (Å²) in [6, 6.07) is 4.86. The zero-order valence-electron chi connectivity index (χ0n) is 12.1. The van der Waals surface area contributed by atoms with Gasteiger partial charge < -0.3 is 9.64 Å². The Morgan fingerprint density at radius 3 is 2.81 bits per heavy atom. The van der Waals surface area contributed by atoms with Crippen LogP contribution in [0, 0.1) is 0 Å². The van der Waals surface area contributed by atoms with Crippen molar-refractivity contribution in [3.63, 3.8) is 0 Å². The Kier molecular flexibility index (Phi) is 3.51. The van der Waals surface area contributed by atoms with Crippen LogP contribution in [-0.2, 0) is 26.0 Å². The molecule has 0 aromatic heterocycles. The Morgan fingerprint density at radius 2 is 2.10 bits per heavy atom. The summed E-state index contributed by atoms with van der Waals surface area (Å²) in [7, 11) is -1.89. The van der Waals surface area contributed by atoms with E-state index in [9.17, 15) is 13.2 Å². The molecule has 0 N–H and O–H groups in total. The Labute approximate surface area is 124 Å². The summed E-state index contributed by atoms with van der Waals surface area (Å²) in [6.45, 7) is 2.78. The van der Waals surface area contributed by atoms with Crippen molar-refractivity contribution in [1.82, 2.24) is 4.31 Å². The number of likely N-dealkylation sites (N-methyl/N-ethyl adjacent to an activating group) is 1. The van der Waals surface area contributed by atoms with E-state index in [1.807, 2.05) is 0 Å². The molecule has 1 unspecified atom stereocenters. The number of anilines is 1. The van der Waals surface area contributed by atoms with E-state index >= 15 is 0 Å². The molecule has 0 bridgehead atoms. The molecule has 114 valence electrons. The van der Waals surface area contributed by atoms with Crippen LogP contribution in [0.15, 0.2) is 23.1 Å². The van der Waals surface area contributed by atoms with Crippen molar-refractivity contribution in [2.75, 3.05) is 25.1 Å². The lowest BCUT2D eigenvalue weighted by molar-refractivity contribution is -0.117. The maximum atomic E-state index is 12.7. The molecule has 1 aromatic carbocycles. The van der Waals surface area contributed by atoms with Crippen molar-refractivity contribution >= 4 is 21.6 Å². The van der Waals surface area contributed by atoms with Gasteiger partial charge in [-0.2, -0.15) is 4.31 Å². The smallest absolute Gasteiger partial charge is 0.245 e. The van der Waals surface area contributed by atoms with E-state index in [4.69, 9.17) is 4.74 Å². The van der Waals surface area contributed by atoms with Gasteiger partial charge in [-0.1, -0.05) is 0 Å². The fraction of sp³-hybridized carbons (Fsp3) is 0.500. The van der Waals surface area contributed by atoms with Gasteiger partial charge in [0, 0.05) is 25.9 Å². The van der Waals surface area contributed by atoms with Crippen molar-refractivity contribution in [2.45, 2.75) is 30.9 Å². The van der Waals surface area contributed by atoms with Gasteiger partial charge in [0.15, 0.2) is 0 Å². The zero-order valence-corrected chi connectivity index (χ0v) is 12.9. The summed E-state index contributed by atoms with van der Waals surface area (Å²) < 4.78 is 32.2. The molecule has 6 nitrogen and oxygen atoms in total. The summed E-state index contributed by atoms with van der Waals surface area (Å²) in [5.74, 6) is -0.0192.